The average molecular weight is 198 g/mol. The molecule has 14 heavy (non-hydrogen) atoms. The topological polar surface area (TPSA) is 92.4 Å². The van der Waals surface area contributed by atoms with Crippen molar-refractivity contribution in [3.8, 4) is 0 Å². The summed E-state index contributed by atoms with van der Waals surface area (Å²) in [4.78, 5) is 21.3. The largest absolute Gasteiger partial charge is 0.481 e. The Labute approximate surface area is 79.9 Å². The minimum absolute atomic E-state index is 0.0456. The first-order chi connectivity index (χ1) is 6.70. The number of aromatic nitrogens is 1. The molecule has 1 amide bonds. The van der Waals surface area contributed by atoms with Gasteiger partial charge in [0.25, 0.3) is 5.91 Å². The second kappa shape index (κ2) is 5.00. The van der Waals surface area contributed by atoms with E-state index in [4.69, 9.17) is 5.11 Å². The summed E-state index contributed by atoms with van der Waals surface area (Å²) in [5, 5.41) is 14.2. The van der Waals surface area contributed by atoms with Crippen molar-refractivity contribution in [2.75, 3.05) is 6.54 Å². The van der Waals surface area contributed by atoms with Crippen molar-refractivity contribution in [3.05, 3.63) is 18.0 Å². The summed E-state index contributed by atoms with van der Waals surface area (Å²) in [6, 6.07) is 0. The van der Waals surface area contributed by atoms with Crippen LogP contribution in [0.25, 0.3) is 0 Å². The monoisotopic (exact) mass is 198 g/mol. The average Bonchev–Trinajstić information content (AvgIpc) is 2.64. The van der Waals surface area contributed by atoms with Crippen molar-refractivity contribution < 1.29 is 19.2 Å². The van der Waals surface area contributed by atoms with E-state index in [9.17, 15) is 9.59 Å². The van der Waals surface area contributed by atoms with E-state index in [2.05, 4.69) is 15.0 Å². The minimum atomic E-state index is -0.871. The summed E-state index contributed by atoms with van der Waals surface area (Å²) >= 11 is 0. The lowest BCUT2D eigenvalue weighted by atomic mass is 10.3. The molecular weight excluding hydrogens is 188 g/mol. The molecule has 0 radical (unpaired) electrons. The summed E-state index contributed by atoms with van der Waals surface area (Å²) in [6.07, 6.45) is 2.98. The van der Waals surface area contributed by atoms with Crippen molar-refractivity contribution >= 4 is 11.9 Å². The van der Waals surface area contributed by atoms with E-state index in [1.165, 1.54) is 12.5 Å². The van der Waals surface area contributed by atoms with Crippen LogP contribution in [0.1, 0.15) is 23.2 Å². The van der Waals surface area contributed by atoms with Crippen LogP contribution in [0.2, 0.25) is 0 Å². The van der Waals surface area contributed by atoms with Crippen LogP contribution < -0.4 is 5.32 Å². The van der Waals surface area contributed by atoms with Gasteiger partial charge in [0.2, 0.25) is 0 Å². The first-order valence-corrected chi connectivity index (χ1v) is 4.09. The molecule has 0 saturated carbocycles. The number of amides is 1. The van der Waals surface area contributed by atoms with Gasteiger partial charge in [-0.2, -0.15) is 0 Å². The number of hydrogen-bond acceptors (Lipinski definition) is 4. The molecule has 0 atom stereocenters. The maximum atomic E-state index is 11.2. The number of carbonyl (C=O) groups is 2. The summed E-state index contributed by atoms with van der Waals surface area (Å²) in [7, 11) is 0. The van der Waals surface area contributed by atoms with E-state index in [-0.39, 0.29) is 12.3 Å². The maximum Gasteiger partial charge on any atom is 0.303 e. The van der Waals surface area contributed by atoms with Crippen LogP contribution in [0.5, 0.6) is 0 Å². The van der Waals surface area contributed by atoms with E-state index in [0.717, 1.165) is 0 Å². The highest BCUT2D eigenvalue weighted by molar-refractivity contribution is 5.93. The maximum absolute atomic E-state index is 11.2. The summed E-state index contributed by atoms with van der Waals surface area (Å²) in [6.45, 7) is 0.330. The normalized spacial score (nSPS) is 9.71. The second-order valence-electron chi connectivity index (χ2n) is 2.67. The molecule has 0 unspecified atom stereocenters. The highest BCUT2D eigenvalue weighted by atomic mass is 16.5. The van der Waals surface area contributed by atoms with E-state index in [0.29, 0.717) is 18.5 Å². The molecule has 1 rings (SSSR count). The Hall–Kier alpha value is -1.85. The fraction of sp³-hybridized carbons (Fsp3) is 0.375. The SMILES string of the molecule is O=C(O)CCCNC(=O)c1cnoc1. The second-order valence-corrected chi connectivity index (χ2v) is 2.67. The van der Waals surface area contributed by atoms with Crippen molar-refractivity contribution in [1.82, 2.24) is 10.5 Å². The molecule has 0 aliphatic rings. The van der Waals surface area contributed by atoms with Gasteiger partial charge in [-0.05, 0) is 6.42 Å². The first-order valence-electron chi connectivity index (χ1n) is 4.09. The van der Waals surface area contributed by atoms with Gasteiger partial charge < -0.3 is 14.9 Å². The molecule has 0 saturated heterocycles. The number of aliphatic carboxylic acids is 1. The summed E-state index contributed by atoms with van der Waals surface area (Å²) in [5.41, 5.74) is 0.334. The zero-order valence-corrected chi connectivity index (χ0v) is 7.40. The molecule has 6 heteroatoms. The number of rotatable bonds is 5. The Kier molecular flexibility index (Phi) is 3.66. The van der Waals surface area contributed by atoms with E-state index in [1.807, 2.05) is 0 Å². The quantitative estimate of drug-likeness (QED) is 0.662. The molecule has 1 heterocycles. The Morgan fingerprint density at radius 3 is 2.93 bits per heavy atom. The summed E-state index contributed by atoms with van der Waals surface area (Å²) < 4.78 is 4.48. The van der Waals surface area contributed by atoms with Crippen molar-refractivity contribution in [1.29, 1.82) is 0 Å². The molecule has 0 bridgehead atoms. The molecule has 0 aromatic carbocycles. The Bertz CT molecular complexity index is 307. The molecular formula is C8H10N2O4. The highest BCUT2D eigenvalue weighted by Gasteiger charge is 2.06. The Morgan fingerprint density at radius 1 is 1.57 bits per heavy atom. The van der Waals surface area contributed by atoms with Gasteiger partial charge in [0.1, 0.15) is 6.26 Å². The predicted molar refractivity (Wildman–Crippen MR) is 45.7 cm³/mol. The van der Waals surface area contributed by atoms with Crippen LogP contribution >= 0.6 is 0 Å². The van der Waals surface area contributed by atoms with E-state index < -0.39 is 5.97 Å². The van der Waals surface area contributed by atoms with Crippen LogP contribution in [-0.4, -0.2) is 28.7 Å². The van der Waals surface area contributed by atoms with Crippen LogP contribution in [-0.2, 0) is 4.79 Å². The Morgan fingerprint density at radius 2 is 2.36 bits per heavy atom. The van der Waals surface area contributed by atoms with Gasteiger partial charge in [-0.15, -0.1) is 0 Å². The van der Waals surface area contributed by atoms with Gasteiger partial charge in [-0.25, -0.2) is 0 Å². The number of carboxylic acids is 1. The van der Waals surface area contributed by atoms with Gasteiger partial charge in [-0.1, -0.05) is 5.16 Å². The third-order valence-electron chi connectivity index (χ3n) is 1.55. The molecule has 76 valence electrons. The molecule has 0 aliphatic heterocycles. The van der Waals surface area contributed by atoms with Crippen molar-refractivity contribution in [2.24, 2.45) is 0 Å². The fourth-order valence-electron chi connectivity index (χ4n) is 0.861. The third kappa shape index (κ3) is 3.26. The number of nitrogens with one attached hydrogen (secondary N) is 1. The molecule has 0 fully saturated rings. The smallest absolute Gasteiger partial charge is 0.303 e. The Balaban J connectivity index is 2.19. The van der Waals surface area contributed by atoms with E-state index in [1.54, 1.807) is 0 Å². The fourth-order valence-corrected chi connectivity index (χ4v) is 0.861. The lowest BCUT2D eigenvalue weighted by molar-refractivity contribution is -0.137. The van der Waals surface area contributed by atoms with Crippen LogP contribution in [0.15, 0.2) is 17.0 Å². The minimum Gasteiger partial charge on any atom is -0.481 e. The van der Waals surface area contributed by atoms with Crippen LogP contribution in [0.3, 0.4) is 0 Å². The van der Waals surface area contributed by atoms with Crippen LogP contribution in [0, 0.1) is 0 Å². The molecule has 1 aromatic heterocycles. The molecule has 1 aromatic rings. The number of hydrogen-bond donors (Lipinski definition) is 2. The van der Waals surface area contributed by atoms with Gasteiger partial charge in [-0.3, -0.25) is 9.59 Å². The summed E-state index contributed by atoms with van der Waals surface area (Å²) in [5.74, 6) is -1.18. The molecule has 0 spiro atoms. The van der Waals surface area contributed by atoms with Gasteiger partial charge in [0.15, 0.2) is 0 Å². The zero-order chi connectivity index (χ0) is 10.4. The first kappa shape index (κ1) is 10.2. The van der Waals surface area contributed by atoms with E-state index >= 15 is 0 Å². The van der Waals surface area contributed by atoms with Crippen molar-refractivity contribution in [3.63, 3.8) is 0 Å². The van der Waals surface area contributed by atoms with Gasteiger partial charge in [0, 0.05) is 13.0 Å². The number of carboxylic acid groups (broad SMARTS) is 1. The molecule has 6 nitrogen and oxygen atoms in total. The van der Waals surface area contributed by atoms with Crippen molar-refractivity contribution in [2.45, 2.75) is 12.8 Å². The third-order valence-corrected chi connectivity index (χ3v) is 1.55. The van der Waals surface area contributed by atoms with Gasteiger partial charge >= 0.3 is 5.97 Å². The highest BCUT2D eigenvalue weighted by Crippen LogP contribution is 1.95. The number of carbonyl (C=O) groups excluding carboxylic acids is 1. The van der Waals surface area contributed by atoms with Gasteiger partial charge in [0.05, 0.1) is 11.8 Å². The lowest BCUT2D eigenvalue weighted by Gasteiger charge is -2.00. The standard InChI is InChI=1S/C8H10N2O4/c11-7(12)2-1-3-9-8(13)6-4-10-14-5-6/h4-5H,1-3H2,(H,9,13)(H,11,12). The zero-order valence-electron chi connectivity index (χ0n) is 7.40. The predicted octanol–water partition coefficient (Wildman–Crippen LogP) is 0.269. The molecule has 0 aliphatic carbocycles. The molecule has 2 N–H and O–H groups in total. The van der Waals surface area contributed by atoms with Crippen LogP contribution in [0.4, 0.5) is 0 Å². The lowest BCUT2D eigenvalue weighted by Crippen LogP contribution is -2.24. The number of nitrogens with zero attached hydrogens (tertiary/aromatic N) is 1.